The van der Waals surface area contributed by atoms with Gasteiger partial charge < -0.3 is 14.7 Å². The third-order valence-corrected chi connectivity index (χ3v) is 3.72. The van der Waals surface area contributed by atoms with Gasteiger partial charge in [0.15, 0.2) is 5.82 Å². The lowest BCUT2D eigenvalue weighted by Crippen LogP contribution is -2.35. The van der Waals surface area contributed by atoms with E-state index >= 15 is 0 Å². The maximum atomic E-state index is 13.2. The monoisotopic (exact) mass is 317 g/mol. The standard InChI is InChI=1S/C15H16FN5O2/c1-9-18-19-14(21(9)2)8-17-15(22)13-7-12(20-23-13)10-4-3-5-11(16)6-10/h3-6,13H,7-8H2,1-2H3,(H,17,22)/t13-/m1/s1. The molecule has 23 heavy (non-hydrogen) atoms. The topological polar surface area (TPSA) is 81.4 Å². The number of nitrogens with one attached hydrogen (secondary N) is 1. The van der Waals surface area contributed by atoms with Gasteiger partial charge in [-0.3, -0.25) is 4.79 Å². The third kappa shape index (κ3) is 3.20. The first-order valence-electron chi connectivity index (χ1n) is 7.16. The van der Waals surface area contributed by atoms with E-state index in [9.17, 15) is 9.18 Å². The number of nitrogens with zero attached hydrogens (tertiary/aromatic N) is 4. The minimum Gasteiger partial charge on any atom is -0.382 e. The van der Waals surface area contributed by atoms with E-state index < -0.39 is 6.10 Å². The highest BCUT2D eigenvalue weighted by molar-refractivity contribution is 6.04. The predicted molar refractivity (Wildman–Crippen MR) is 80.0 cm³/mol. The summed E-state index contributed by atoms with van der Waals surface area (Å²) in [6.45, 7) is 2.09. The zero-order valence-electron chi connectivity index (χ0n) is 12.8. The lowest BCUT2D eigenvalue weighted by atomic mass is 10.0. The van der Waals surface area contributed by atoms with Gasteiger partial charge in [0.2, 0.25) is 6.10 Å². The Hall–Kier alpha value is -2.77. The summed E-state index contributed by atoms with van der Waals surface area (Å²) in [5.41, 5.74) is 1.17. The maximum Gasteiger partial charge on any atom is 0.264 e. The molecule has 3 rings (SSSR count). The molecule has 1 aliphatic rings. The number of aromatic nitrogens is 3. The predicted octanol–water partition coefficient (Wildman–Crippen LogP) is 1.07. The molecule has 1 aromatic heterocycles. The SMILES string of the molecule is Cc1nnc(CNC(=O)[C@H]2CC(c3cccc(F)c3)=NO2)n1C. The van der Waals surface area contributed by atoms with Gasteiger partial charge in [-0.15, -0.1) is 10.2 Å². The van der Waals surface area contributed by atoms with Crippen LogP contribution in [0.5, 0.6) is 0 Å². The van der Waals surface area contributed by atoms with E-state index in [0.717, 1.165) is 5.82 Å². The first-order chi connectivity index (χ1) is 11.0. The molecule has 1 aliphatic heterocycles. The van der Waals surface area contributed by atoms with Gasteiger partial charge in [-0.25, -0.2) is 4.39 Å². The van der Waals surface area contributed by atoms with Crippen molar-refractivity contribution in [2.45, 2.75) is 26.0 Å². The van der Waals surface area contributed by atoms with Crippen molar-refractivity contribution in [3.8, 4) is 0 Å². The van der Waals surface area contributed by atoms with Crippen molar-refractivity contribution >= 4 is 11.6 Å². The second kappa shape index (κ2) is 6.15. The number of rotatable bonds is 4. The molecular weight excluding hydrogens is 301 g/mol. The van der Waals surface area contributed by atoms with Gasteiger partial charge in [0.05, 0.1) is 12.3 Å². The molecule has 2 heterocycles. The van der Waals surface area contributed by atoms with Crippen LogP contribution < -0.4 is 5.32 Å². The number of benzene rings is 1. The molecule has 1 aromatic carbocycles. The normalized spacial score (nSPS) is 16.8. The Morgan fingerprint density at radius 3 is 3.00 bits per heavy atom. The smallest absolute Gasteiger partial charge is 0.264 e. The first kappa shape index (κ1) is 15.1. The van der Waals surface area contributed by atoms with Crippen molar-refractivity contribution < 1.29 is 14.0 Å². The van der Waals surface area contributed by atoms with Crippen LogP contribution in [0, 0.1) is 12.7 Å². The Kier molecular flexibility index (Phi) is 4.05. The molecule has 0 bridgehead atoms. The fraction of sp³-hybridized carbons (Fsp3) is 0.333. The maximum absolute atomic E-state index is 13.2. The molecule has 8 heteroatoms. The van der Waals surface area contributed by atoms with Crippen molar-refractivity contribution in [1.82, 2.24) is 20.1 Å². The molecule has 2 aromatic rings. The van der Waals surface area contributed by atoms with Gasteiger partial charge >= 0.3 is 0 Å². The van der Waals surface area contributed by atoms with Crippen LogP contribution in [-0.4, -0.2) is 32.5 Å². The Morgan fingerprint density at radius 1 is 1.48 bits per heavy atom. The molecular formula is C15H16FN5O2. The van der Waals surface area contributed by atoms with Gasteiger partial charge in [-0.05, 0) is 19.1 Å². The molecule has 0 radical (unpaired) electrons. The van der Waals surface area contributed by atoms with E-state index in [1.807, 2.05) is 14.0 Å². The number of carbonyl (C=O) groups is 1. The second-order valence-electron chi connectivity index (χ2n) is 5.29. The molecule has 0 unspecified atom stereocenters. The first-order valence-corrected chi connectivity index (χ1v) is 7.16. The van der Waals surface area contributed by atoms with Crippen molar-refractivity contribution in [2.24, 2.45) is 12.2 Å². The molecule has 7 nitrogen and oxygen atoms in total. The quantitative estimate of drug-likeness (QED) is 0.914. The molecule has 1 amide bonds. The average molecular weight is 317 g/mol. The summed E-state index contributed by atoms with van der Waals surface area (Å²) in [6.07, 6.45) is -0.421. The molecule has 0 aliphatic carbocycles. The van der Waals surface area contributed by atoms with Gasteiger partial charge in [-0.1, -0.05) is 17.3 Å². The largest absolute Gasteiger partial charge is 0.382 e. The number of aryl methyl sites for hydroxylation is 1. The number of halogens is 1. The second-order valence-corrected chi connectivity index (χ2v) is 5.29. The highest BCUT2D eigenvalue weighted by Crippen LogP contribution is 2.17. The zero-order valence-corrected chi connectivity index (χ0v) is 12.8. The van der Waals surface area contributed by atoms with Gasteiger partial charge in [-0.2, -0.15) is 0 Å². The van der Waals surface area contributed by atoms with E-state index in [2.05, 4.69) is 20.7 Å². The minimum absolute atomic E-state index is 0.255. The summed E-state index contributed by atoms with van der Waals surface area (Å²) < 4.78 is 15.0. The fourth-order valence-electron chi connectivity index (χ4n) is 2.24. The number of amides is 1. The van der Waals surface area contributed by atoms with Crippen LogP contribution in [0.15, 0.2) is 29.4 Å². The van der Waals surface area contributed by atoms with E-state index in [4.69, 9.17) is 4.84 Å². The summed E-state index contributed by atoms with van der Waals surface area (Å²) >= 11 is 0. The van der Waals surface area contributed by atoms with Crippen LogP contribution >= 0.6 is 0 Å². The summed E-state index contributed by atoms with van der Waals surface area (Å²) in [5.74, 6) is 0.778. The van der Waals surface area contributed by atoms with Crippen molar-refractivity contribution in [3.05, 3.63) is 47.3 Å². The van der Waals surface area contributed by atoms with Crippen molar-refractivity contribution in [1.29, 1.82) is 0 Å². The molecule has 0 fully saturated rings. The summed E-state index contributed by atoms with van der Waals surface area (Å²) in [5, 5.41) is 14.5. The molecule has 0 saturated carbocycles. The highest BCUT2D eigenvalue weighted by atomic mass is 19.1. The number of oxime groups is 1. The summed E-state index contributed by atoms with van der Waals surface area (Å²) in [4.78, 5) is 17.3. The van der Waals surface area contributed by atoms with E-state index in [0.29, 0.717) is 23.5 Å². The number of hydrogen-bond acceptors (Lipinski definition) is 5. The fourth-order valence-corrected chi connectivity index (χ4v) is 2.24. The molecule has 1 N–H and O–H groups in total. The van der Waals surface area contributed by atoms with Gasteiger partial charge in [0.25, 0.3) is 5.91 Å². The highest BCUT2D eigenvalue weighted by Gasteiger charge is 2.29. The Balaban J connectivity index is 1.57. The Morgan fingerprint density at radius 2 is 2.30 bits per heavy atom. The van der Waals surface area contributed by atoms with E-state index in [-0.39, 0.29) is 18.3 Å². The van der Waals surface area contributed by atoms with Crippen LogP contribution in [0.25, 0.3) is 0 Å². The molecule has 120 valence electrons. The third-order valence-electron chi connectivity index (χ3n) is 3.72. The van der Waals surface area contributed by atoms with E-state index in [1.54, 1.807) is 16.7 Å². The van der Waals surface area contributed by atoms with E-state index in [1.165, 1.54) is 12.1 Å². The van der Waals surface area contributed by atoms with Crippen molar-refractivity contribution in [3.63, 3.8) is 0 Å². The summed E-state index contributed by atoms with van der Waals surface area (Å²) in [7, 11) is 1.83. The molecule has 0 spiro atoms. The van der Waals surface area contributed by atoms with Gasteiger partial charge in [0.1, 0.15) is 11.6 Å². The Bertz CT molecular complexity index is 771. The number of carbonyl (C=O) groups excluding carboxylic acids is 1. The van der Waals surface area contributed by atoms with Crippen molar-refractivity contribution in [2.75, 3.05) is 0 Å². The average Bonchev–Trinajstić information content (AvgIpc) is 3.14. The lowest BCUT2D eigenvalue weighted by Gasteiger charge is -2.09. The lowest BCUT2D eigenvalue weighted by molar-refractivity contribution is -0.131. The molecule has 0 saturated heterocycles. The van der Waals surface area contributed by atoms with Crippen LogP contribution in [0.2, 0.25) is 0 Å². The van der Waals surface area contributed by atoms with Crippen LogP contribution in [0.4, 0.5) is 4.39 Å². The van der Waals surface area contributed by atoms with Crippen LogP contribution in [0.1, 0.15) is 23.6 Å². The zero-order chi connectivity index (χ0) is 16.4. The van der Waals surface area contributed by atoms with Crippen LogP contribution in [0.3, 0.4) is 0 Å². The van der Waals surface area contributed by atoms with Crippen LogP contribution in [-0.2, 0) is 23.2 Å². The summed E-state index contributed by atoms with van der Waals surface area (Å²) in [6, 6.07) is 6.04. The Labute approximate surface area is 132 Å². The minimum atomic E-state index is -0.720. The van der Waals surface area contributed by atoms with Gasteiger partial charge in [0, 0.05) is 19.0 Å². The number of hydrogen-bond donors (Lipinski definition) is 1. The molecule has 1 atom stereocenters.